The van der Waals surface area contributed by atoms with Crippen LogP contribution in [0.15, 0.2) is 46.3 Å². The average Bonchev–Trinajstić information content (AvgIpc) is 2.86. The first-order valence-corrected chi connectivity index (χ1v) is 5.55. The number of oxime groups is 1. The number of halogens is 2. The van der Waals surface area contributed by atoms with E-state index in [1.807, 2.05) is 0 Å². The van der Waals surface area contributed by atoms with Gasteiger partial charge in [0, 0.05) is 10.6 Å². The molecule has 0 aliphatic heterocycles. The first-order chi connectivity index (χ1) is 8.22. The van der Waals surface area contributed by atoms with Crippen LogP contribution < -0.4 is 0 Å². The van der Waals surface area contributed by atoms with Crippen LogP contribution in [-0.2, 0) is 0 Å². The largest absolute Gasteiger partial charge is 0.447 e. The normalized spacial score (nSPS) is 13.6. The van der Waals surface area contributed by atoms with Crippen LogP contribution in [0.2, 0.25) is 5.02 Å². The number of oxazole rings is 1. The fraction of sp³-hybridized carbons (Fsp3) is 0.0909. The van der Waals surface area contributed by atoms with Gasteiger partial charge >= 0.3 is 0 Å². The molecule has 0 saturated carbocycles. The Kier molecular flexibility index (Phi) is 3.66. The van der Waals surface area contributed by atoms with Gasteiger partial charge in [0.1, 0.15) is 12.0 Å². The van der Waals surface area contributed by atoms with Crippen molar-refractivity contribution in [1.82, 2.24) is 4.98 Å². The van der Waals surface area contributed by atoms with E-state index in [0.29, 0.717) is 10.6 Å². The maximum atomic E-state index is 9.02. The average molecular weight is 271 g/mol. The molecule has 1 heterocycles. The zero-order chi connectivity index (χ0) is 12.3. The molecule has 1 unspecified atom stereocenters. The van der Waals surface area contributed by atoms with Crippen molar-refractivity contribution < 1.29 is 9.62 Å². The highest BCUT2D eigenvalue weighted by molar-refractivity contribution is 6.35. The molecular weight excluding hydrogens is 263 g/mol. The van der Waals surface area contributed by atoms with Crippen molar-refractivity contribution in [1.29, 1.82) is 0 Å². The molecular formula is C11H8Cl2N2O2. The van der Waals surface area contributed by atoms with Gasteiger partial charge in [0.25, 0.3) is 0 Å². The van der Waals surface area contributed by atoms with Crippen molar-refractivity contribution in [2.45, 2.75) is 5.38 Å². The monoisotopic (exact) mass is 270 g/mol. The first kappa shape index (κ1) is 12.0. The van der Waals surface area contributed by atoms with E-state index < -0.39 is 5.38 Å². The van der Waals surface area contributed by atoms with Crippen LogP contribution in [0.3, 0.4) is 0 Å². The molecule has 0 spiro atoms. The van der Waals surface area contributed by atoms with E-state index in [1.165, 1.54) is 12.5 Å². The third kappa shape index (κ3) is 2.60. The minimum atomic E-state index is -0.754. The zero-order valence-corrected chi connectivity index (χ0v) is 10.1. The Morgan fingerprint density at radius 3 is 2.59 bits per heavy atom. The third-order valence-corrected chi connectivity index (χ3v) is 2.80. The minimum absolute atomic E-state index is 0.255. The Morgan fingerprint density at radius 2 is 2.06 bits per heavy atom. The lowest BCUT2D eigenvalue weighted by atomic mass is 10.1. The van der Waals surface area contributed by atoms with E-state index in [-0.39, 0.29) is 11.6 Å². The lowest BCUT2D eigenvalue weighted by Crippen LogP contribution is -2.09. The maximum absolute atomic E-state index is 9.02. The van der Waals surface area contributed by atoms with E-state index in [1.54, 1.807) is 24.3 Å². The van der Waals surface area contributed by atoms with E-state index in [9.17, 15) is 0 Å². The Labute approximate surface area is 107 Å². The molecule has 0 saturated heterocycles. The van der Waals surface area contributed by atoms with Crippen molar-refractivity contribution in [3.05, 3.63) is 53.2 Å². The molecule has 0 bridgehead atoms. The summed E-state index contributed by atoms with van der Waals surface area (Å²) in [5.74, 6) is 0.273. The predicted octanol–water partition coefficient (Wildman–Crippen LogP) is 3.49. The highest BCUT2D eigenvalue weighted by Gasteiger charge is 2.22. The first-order valence-electron chi connectivity index (χ1n) is 4.73. The van der Waals surface area contributed by atoms with Crippen LogP contribution in [0.5, 0.6) is 0 Å². The molecule has 0 fully saturated rings. The van der Waals surface area contributed by atoms with Crippen molar-refractivity contribution in [3.8, 4) is 0 Å². The molecule has 2 aromatic rings. The Morgan fingerprint density at radius 1 is 1.35 bits per heavy atom. The summed E-state index contributed by atoms with van der Waals surface area (Å²) in [5, 5.41) is 12.0. The highest BCUT2D eigenvalue weighted by Crippen LogP contribution is 2.25. The SMILES string of the molecule is ON=C(c1ccc(Cl)cc1)C(Cl)c1ncco1. The summed E-state index contributed by atoms with van der Waals surface area (Å²) in [6, 6.07) is 6.77. The van der Waals surface area contributed by atoms with Crippen molar-refractivity contribution in [2.75, 3.05) is 0 Å². The number of aromatic nitrogens is 1. The molecule has 88 valence electrons. The summed E-state index contributed by atoms with van der Waals surface area (Å²) in [6.07, 6.45) is 2.88. The molecule has 0 radical (unpaired) electrons. The molecule has 6 heteroatoms. The second-order valence-electron chi connectivity index (χ2n) is 3.23. The fourth-order valence-electron chi connectivity index (χ4n) is 1.35. The summed E-state index contributed by atoms with van der Waals surface area (Å²) >= 11 is 11.9. The van der Waals surface area contributed by atoms with Crippen LogP contribution in [0.25, 0.3) is 0 Å². The molecule has 4 nitrogen and oxygen atoms in total. The van der Waals surface area contributed by atoms with Gasteiger partial charge in [-0.05, 0) is 12.1 Å². The minimum Gasteiger partial charge on any atom is -0.447 e. The highest BCUT2D eigenvalue weighted by atomic mass is 35.5. The topological polar surface area (TPSA) is 58.6 Å². The van der Waals surface area contributed by atoms with Crippen LogP contribution in [0.4, 0.5) is 0 Å². The lowest BCUT2D eigenvalue weighted by molar-refractivity contribution is 0.317. The van der Waals surface area contributed by atoms with Crippen LogP contribution >= 0.6 is 23.2 Å². The van der Waals surface area contributed by atoms with Gasteiger partial charge in [-0.3, -0.25) is 0 Å². The van der Waals surface area contributed by atoms with E-state index in [4.69, 9.17) is 32.8 Å². The van der Waals surface area contributed by atoms with Gasteiger partial charge in [0.2, 0.25) is 5.89 Å². The number of hydrogen-bond donors (Lipinski definition) is 1. The summed E-state index contributed by atoms with van der Waals surface area (Å²) in [4.78, 5) is 3.91. The van der Waals surface area contributed by atoms with Gasteiger partial charge in [0.05, 0.1) is 6.20 Å². The summed E-state index contributed by atoms with van der Waals surface area (Å²) in [7, 11) is 0. The van der Waals surface area contributed by atoms with E-state index >= 15 is 0 Å². The maximum Gasteiger partial charge on any atom is 0.218 e. The molecule has 1 aromatic carbocycles. The molecule has 0 aliphatic rings. The molecule has 1 N–H and O–H groups in total. The van der Waals surface area contributed by atoms with Crippen LogP contribution in [0, 0.1) is 0 Å². The third-order valence-electron chi connectivity index (χ3n) is 2.16. The van der Waals surface area contributed by atoms with Gasteiger partial charge in [0.15, 0.2) is 5.38 Å². The molecule has 1 atom stereocenters. The second kappa shape index (κ2) is 5.21. The van der Waals surface area contributed by atoms with E-state index in [0.717, 1.165) is 0 Å². The molecule has 0 amide bonds. The van der Waals surface area contributed by atoms with Crippen LogP contribution in [0.1, 0.15) is 16.8 Å². The van der Waals surface area contributed by atoms with Gasteiger partial charge in [-0.2, -0.15) is 0 Å². The number of alkyl halides is 1. The predicted molar refractivity (Wildman–Crippen MR) is 64.9 cm³/mol. The van der Waals surface area contributed by atoms with Crippen LogP contribution in [-0.4, -0.2) is 15.9 Å². The molecule has 0 aliphatic carbocycles. The Bertz CT molecular complexity index is 509. The van der Waals surface area contributed by atoms with Crippen molar-refractivity contribution >= 4 is 28.9 Å². The Balaban J connectivity index is 2.32. The number of hydrogen-bond acceptors (Lipinski definition) is 4. The quantitative estimate of drug-likeness (QED) is 0.402. The summed E-state index contributed by atoms with van der Waals surface area (Å²) < 4.78 is 5.06. The fourth-order valence-corrected chi connectivity index (χ4v) is 1.76. The standard InChI is InChI=1S/C11H8Cl2N2O2/c12-8-3-1-7(2-4-8)10(15-16)9(13)11-14-5-6-17-11/h1-6,9,16H. The molecule has 2 rings (SSSR count). The second-order valence-corrected chi connectivity index (χ2v) is 4.10. The summed E-state index contributed by atoms with van der Waals surface area (Å²) in [5.41, 5.74) is 0.904. The molecule has 17 heavy (non-hydrogen) atoms. The zero-order valence-electron chi connectivity index (χ0n) is 8.55. The van der Waals surface area contributed by atoms with Crippen molar-refractivity contribution in [3.63, 3.8) is 0 Å². The Hall–Kier alpha value is -1.52. The van der Waals surface area contributed by atoms with Gasteiger partial charge in [-0.25, -0.2) is 4.98 Å². The molecule has 1 aromatic heterocycles. The number of rotatable bonds is 3. The summed E-state index contributed by atoms with van der Waals surface area (Å²) in [6.45, 7) is 0. The van der Waals surface area contributed by atoms with E-state index in [2.05, 4.69) is 10.1 Å². The number of benzene rings is 1. The van der Waals surface area contributed by atoms with Gasteiger partial charge in [-0.1, -0.05) is 28.9 Å². The lowest BCUT2D eigenvalue weighted by Gasteiger charge is -2.08. The smallest absolute Gasteiger partial charge is 0.218 e. The number of nitrogens with zero attached hydrogens (tertiary/aromatic N) is 2. The van der Waals surface area contributed by atoms with Gasteiger partial charge in [-0.15, -0.1) is 11.6 Å². The van der Waals surface area contributed by atoms with Crippen molar-refractivity contribution in [2.24, 2.45) is 5.16 Å². The van der Waals surface area contributed by atoms with Gasteiger partial charge < -0.3 is 9.62 Å².